The van der Waals surface area contributed by atoms with E-state index in [1.807, 2.05) is 25.1 Å². The molecule has 108 valence electrons. The molecular weight excluding hydrogens is 280 g/mol. The van der Waals surface area contributed by atoms with E-state index in [0.29, 0.717) is 5.92 Å². The molecule has 21 heavy (non-hydrogen) atoms. The molecule has 0 saturated carbocycles. The van der Waals surface area contributed by atoms with Gasteiger partial charge in [-0.25, -0.2) is 0 Å². The van der Waals surface area contributed by atoms with Crippen LogP contribution in [0, 0.1) is 6.92 Å². The third-order valence-corrected chi connectivity index (χ3v) is 4.40. The van der Waals surface area contributed by atoms with Gasteiger partial charge in [0.25, 0.3) is 0 Å². The van der Waals surface area contributed by atoms with Crippen LogP contribution in [0.4, 0.5) is 0 Å². The molecule has 1 aromatic carbocycles. The number of aryl methyl sites for hydroxylation is 1. The molecule has 0 aliphatic carbocycles. The Labute approximate surface area is 128 Å². The molecular formula is C16H18N4S. The molecule has 0 amide bonds. The van der Waals surface area contributed by atoms with Gasteiger partial charge in [0.05, 0.1) is 22.1 Å². The van der Waals surface area contributed by atoms with Gasteiger partial charge in [-0.1, -0.05) is 30.5 Å². The molecule has 4 nitrogen and oxygen atoms in total. The summed E-state index contributed by atoms with van der Waals surface area (Å²) in [6.45, 7) is 6.22. The van der Waals surface area contributed by atoms with Crippen LogP contribution < -0.4 is 5.73 Å². The van der Waals surface area contributed by atoms with E-state index in [4.69, 9.17) is 5.73 Å². The second kappa shape index (κ2) is 5.50. The highest BCUT2D eigenvalue weighted by Crippen LogP contribution is 2.30. The second-order valence-corrected chi connectivity index (χ2v) is 6.35. The van der Waals surface area contributed by atoms with Crippen LogP contribution in [0.5, 0.6) is 0 Å². The maximum atomic E-state index is 6.43. The van der Waals surface area contributed by atoms with Crippen molar-refractivity contribution in [3.8, 4) is 0 Å². The molecule has 0 spiro atoms. The predicted octanol–water partition coefficient (Wildman–Crippen LogP) is 3.57. The summed E-state index contributed by atoms with van der Waals surface area (Å²) in [7, 11) is 0. The molecule has 0 aliphatic rings. The summed E-state index contributed by atoms with van der Waals surface area (Å²) in [5.41, 5.74) is 10.5. The molecule has 5 heteroatoms. The number of hydrogen-bond donors (Lipinski definition) is 1. The first-order valence-electron chi connectivity index (χ1n) is 7.01. The van der Waals surface area contributed by atoms with Crippen molar-refractivity contribution in [1.29, 1.82) is 0 Å². The fourth-order valence-corrected chi connectivity index (χ4v) is 3.25. The number of aromatic nitrogens is 3. The molecule has 0 saturated heterocycles. The Morgan fingerprint density at radius 3 is 2.71 bits per heavy atom. The summed E-state index contributed by atoms with van der Waals surface area (Å²) in [5, 5.41) is 5.32. The van der Waals surface area contributed by atoms with Crippen LogP contribution >= 0.6 is 11.5 Å². The van der Waals surface area contributed by atoms with E-state index in [1.54, 1.807) is 0 Å². The van der Waals surface area contributed by atoms with Gasteiger partial charge in [0.1, 0.15) is 0 Å². The fraction of sp³-hybridized carbons (Fsp3) is 0.312. The van der Waals surface area contributed by atoms with Crippen LogP contribution in [-0.2, 0) is 0 Å². The zero-order valence-corrected chi connectivity index (χ0v) is 13.2. The number of nitrogens with two attached hydrogens (primary N) is 1. The standard InChI is InChI=1S/C16H18N4S/c1-9(2)15-16(21-20-19-15)14(17)12-6-7-13-11(8-12)5-4-10(3)18-13/h4-9,14H,17H2,1-3H3. The zero-order valence-electron chi connectivity index (χ0n) is 12.4. The Morgan fingerprint density at radius 2 is 1.95 bits per heavy atom. The first kappa shape index (κ1) is 14.1. The number of hydrogen-bond acceptors (Lipinski definition) is 5. The largest absolute Gasteiger partial charge is 0.319 e. The number of fused-ring (bicyclic) bond motifs is 1. The van der Waals surface area contributed by atoms with E-state index >= 15 is 0 Å². The summed E-state index contributed by atoms with van der Waals surface area (Å²) < 4.78 is 4.06. The van der Waals surface area contributed by atoms with Crippen molar-refractivity contribution in [3.05, 3.63) is 52.2 Å². The smallest absolute Gasteiger partial charge is 0.0832 e. The molecule has 0 aliphatic heterocycles. The molecule has 2 N–H and O–H groups in total. The zero-order chi connectivity index (χ0) is 15.0. The third kappa shape index (κ3) is 2.66. The first-order valence-corrected chi connectivity index (χ1v) is 7.78. The van der Waals surface area contributed by atoms with Gasteiger partial charge in [-0.2, -0.15) is 0 Å². The van der Waals surface area contributed by atoms with Crippen molar-refractivity contribution in [2.24, 2.45) is 5.73 Å². The van der Waals surface area contributed by atoms with Crippen LogP contribution in [-0.4, -0.2) is 14.6 Å². The van der Waals surface area contributed by atoms with Gasteiger partial charge >= 0.3 is 0 Å². The third-order valence-electron chi connectivity index (χ3n) is 3.58. The first-order chi connectivity index (χ1) is 10.1. The molecule has 3 aromatic rings. The summed E-state index contributed by atoms with van der Waals surface area (Å²) in [6.07, 6.45) is 0. The van der Waals surface area contributed by atoms with Gasteiger partial charge in [-0.05, 0) is 48.1 Å². The topological polar surface area (TPSA) is 64.7 Å². The highest BCUT2D eigenvalue weighted by atomic mass is 32.1. The Balaban J connectivity index is 2.03. The van der Waals surface area contributed by atoms with Crippen molar-refractivity contribution in [2.45, 2.75) is 32.7 Å². The fourth-order valence-electron chi connectivity index (χ4n) is 2.41. The van der Waals surface area contributed by atoms with E-state index in [1.165, 1.54) is 11.5 Å². The summed E-state index contributed by atoms with van der Waals surface area (Å²) in [6, 6.07) is 10.1. The lowest BCUT2D eigenvalue weighted by Gasteiger charge is -2.13. The highest BCUT2D eigenvalue weighted by Gasteiger charge is 2.19. The normalized spacial score (nSPS) is 13.0. The molecule has 1 atom stereocenters. The van der Waals surface area contributed by atoms with Crippen LogP contribution in [0.3, 0.4) is 0 Å². The minimum Gasteiger partial charge on any atom is -0.319 e. The minimum atomic E-state index is -0.187. The lowest BCUT2D eigenvalue weighted by Crippen LogP contribution is -2.13. The monoisotopic (exact) mass is 298 g/mol. The van der Waals surface area contributed by atoms with Gasteiger partial charge in [-0.15, -0.1) is 5.10 Å². The average Bonchev–Trinajstić information content (AvgIpc) is 2.95. The van der Waals surface area contributed by atoms with E-state index in [9.17, 15) is 0 Å². The number of nitrogens with zero attached hydrogens (tertiary/aromatic N) is 3. The number of rotatable bonds is 3. The lowest BCUT2D eigenvalue weighted by molar-refractivity contribution is 0.771. The van der Waals surface area contributed by atoms with Gasteiger partial charge in [0, 0.05) is 11.1 Å². The van der Waals surface area contributed by atoms with Crippen LogP contribution in [0.25, 0.3) is 10.9 Å². The van der Waals surface area contributed by atoms with Crippen molar-refractivity contribution in [2.75, 3.05) is 0 Å². The molecule has 1 unspecified atom stereocenters. The molecule has 0 fully saturated rings. The highest BCUT2D eigenvalue weighted by molar-refractivity contribution is 7.05. The average molecular weight is 298 g/mol. The quantitative estimate of drug-likeness (QED) is 0.803. The molecule has 3 rings (SSSR count). The predicted molar refractivity (Wildman–Crippen MR) is 86.5 cm³/mol. The molecule has 0 bridgehead atoms. The van der Waals surface area contributed by atoms with Crippen molar-refractivity contribution < 1.29 is 0 Å². The molecule has 2 aromatic heterocycles. The van der Waals surface area contributed by atoms with Crippen molar-refractivity contribution >= 4 is 22.4 Å². The van der Waals surface area contributed by atoms with E-state index in [0.717, 1.165) is 32.7 Å². The minimum absolute atomic E-state index is 0.187. The lowest BCUT2D eigenvalue weighted by atomic mass is 9.99. The van der Waals surface area contributed by atoms with E-state index in [2.05, 4.69) is 40.6 Å². The maximum Gasteiger partial charge on any atom is 0.0832 e. The van der Waals surface area contributed by atoms with Crippen LogP contribution in [0.15, 0.2) is 30.3 Å². The van der Waals surface area contributed by atoms with E-state index in [-0.39, 0.29) is 6.04 Å². The van der Waals surface area contributed by atoms with Crippen LogP contribution in [0.1, 0.15) is 47.6 Å². The van der Waals surface area contributed by atoms with Gasteiger partial charge < -0.3 is 5.73 Å². The number of benzene rings is 1. The molecule has 0 radical (unpaired) electrons. The SMILES string of the molecule is Cc1ccc2cc(C(N)c3snnc3C(C)C)ccc2n1. The Kier molecular flexibility index (Phi) is 3.69. The van der Waals surface area contributed by atoms with E-state index < -0.39 is 0 Å². The van der Waals surface area contributed by atoms with Gasteiger partial charge in [0.2, 0.25) is 0 Å². The van der Waals surface area contributed by atoms with Crippen molar-refractivity contribution in [1.82, 2.24) is 14.6 Å². The Bertz CT molecular complexity index is 779. The van der Waals surface area contributed by atoms with Gasteiger partial charge in [0.15, 0.2) is 0 Å². The summed E-state index contributed by atoms with van der Waals surface area (Å²) in [5.74, 6) is 0.328. The summed E-state index contributed by atoms with van der Waals surface area (Å²) in [4.78, 5) is 5.57. The molecule has 2 heterocycles. The van der Waals surface area contributed by atoms with Gasteiger partial charge in [-0.3, -0.25) is 4.98 Å². The number of pyridine rings is 1. The Morgan fingerprint density at radius 1 is 1.14 bits per heavy atom. The van der Waals surface area contributed by atoms with Crippen LogP contribution in [0.2, 0.25) is 0 Å². The Hall–Kier alpha value is -1.85. The van der Waals surface area contributed by atoms with Crippen molar-refractivity contribution in [3.63, 3.8) is 0 Å². The second-order valence-electron chi connectivity index (χ2n) is 5.56. The maximum absolute atomic E-state index is 6.43. The summed E-state index contributed by atoms with van der Waals surface area (Å²) >= 11 is 1.39.